The van der Waals surface area contributed by atoms with Crippen LogP contribution in [-0.2, 0) is 0 Å². The number of Topliss-reactive ketones (excluding diaryl/α,β-unsaturated/α-hetero) is 1. The third-order valence-corrected chi connectivity index (χ3v) is 5.24. The fourth-order valence-electron chi connectivity index (χ4n) is 2.07. The number of halogens is 1. The van der Waals surface area contributed by atoms with Crippen molar-refractivity contribution in [2.45, 2.75) is 4.90 Å². The molecule has 0 atom stereocenters. The number of rotatable bonds is 2. The third kappa shape index (κ3) is 2.76. The lowest BCUT2D eigenvalue weighted by molar-refractivity contribution is 0.106. The topological polar surface area (TPSA) is 32.7 Å². The summed E-state index contributed by atoms with van der Waals surface area (Å²) in [6.07, 6.45) is 0. The second kappa shape index (κ2) is 5.66. The van der Waals surface area contributed by atoms with E-state index in [0.717, 1.165) is 26.3 Å². The van der Waals surface area contributed by atoms with Crippen LogP contribution in [0, 0.1) is 0 Å². The van der Waals surface area contributed by atoms with Crippen molar-refractivity contribution in [1.29, 1.82) is 0 Å². The molecule has 0 aliphatic carbocycles. The zero-order chi connectivity index (χ0) is 15.0. The van der Waals surface area contributed by atoms with Gasteiger partial charge in [0.15, 0.2) is 0 Å². The Morgan fingerprint density at radius 3 is 2.43 bits per heavy atom. The summed E-state index contributed by atoms with van der Waals surface area (Å²) in [4.78, 5) is 19.8. The van der Waals surface area contributed by atoms with E-state index in [4.69, 9.17) is 0 Å². The molecule has 1 aliphatic rings. The zero-order valence-electron chi connectivity index (χ0n) is 11.6. The smallest absolute Gasteiger partial charge is 0.219 e. The van der Waals surface area contributed by atoms with Crippen LogP contribution in [0.4, 0.5) is 11.4 Å². The normalized spacial score (nSPS) is 15.4. The Balaban J connectivity index is 1.92. The molecule has 0 N–H and O–H groups in total. The molecule has 0 aromatic heterocycles. The number of hydrogen-bond acceptors (Lipinski definition) is 4. The number of thioether (sulfide) groups is 1. The van der Waals surface area contributed by atoms with Crippen LogP contribution in [0.5, 0.6) is 0 Å². The minimum absolute atomic E-state index is 0.00649. The number of benzene rings is 2. The maximum Gasteiger partial charge on any atom is 0.219 e. The van der Waals surface area contributed by atoms with Crippen molar-refractivity contribution >= 4 is 49.9 Å². The Kier molecular flexibility index (Phi) is 3.87. The molecule has 0 saturated carbocycles. The molecule has 2 aromatic rings. The first kappa shape index (κ1) is 14.4. The monoisotopic (exact) mass is 360 g/mol. The van der Waals surface area contributed by atoms with E-state index in [1.54, 1.807) is 0 Å². The number of aliphatic imine (C=N–C) groups is 1. The molecule has 21 heavy (non-hydrogen) atoms. The number of fused-ring (bicyclic) bond motifs is 1. The lowest BCUT2D eigenvalue weighted by atomic mass is 10.1. The molecule has 0 fully saturated rings. The van der Waals surface area contributed by atoms with Crippen LogP contribution < -0.4 is 4.90 Å². The van der Waals surface area contributed by atoms with Gasteiger partial charge in [0.05, 0.1) is 5.69 Å². The highest BCUT2D eigenvalue weighted by atomic mass is 79.9. The average Bonchev–Trinajstić information content (AvgIpc) is 2.78. The molecule has 0 saturated heterocycles. The van der Waals surface area contributed by atoms with Gasteiger partial charge in [-0.1, -0.05) is 17.8 Å². The van der Waals surface area contributed by atoms with Gasteiger partial charge in [0.25, 0.3) is 0 Å². The summed E-state index contributed by atoms with van der Waals surface area (Å²) in [6.45, 7) is 0. The first-order valence-electron chi connectivity index (χ1n) is 6.43. The van der Waals surface area contributed by atoms with Crippen molar-refractivity contribution in [3.63, 3.8) is 0 Å². The van der Waals surface area contributed by atoms with E-state index in [2.05, 4.69) is 20.9 Å². The minimum atomic E-state index is -0.00649. The molecule has 1 aliphatic heterocycles. The fourth-order valence-corrected chi connectivity index (χ4v) is 3.66. The quantitative estimate of drug-likeness (QED) is 0.788. The zero-order valence-corrected chi connectivity index (χ0v) is 14.0. The van der Waals surface area contributed by atoms with E-state index < -0.39 is 0 Å². The predicted octanol–water partition coefficient (Wildman–Crippen LogP) is 4.53. The second-order valence-electron chi connectivity index (χ2n) is 4.88. The molecule has 3 rings (SSSR count). The number of hydrogen-bond donors (Lipinski definition) is 0. The third-order valence-electron chi connectivity index (χ3n) is 3.20. The molecular formula is C16H13BrN2OS. The van der Waals surface area contributed by atoms with Gasteiger partial charge in [0.2, 0.25) is 5.78 Å². The Hall–Kier alpha value is -1.59. The maximum atomic E-state index is 12.3. The Labute approximate surface area is 136 Å². The number of nitrogens with zero attached hydrogens (tertiary/aromatic N) is 2. The van der Waals surface area contributed by atoms with Crippen molar-refractivity contribution in [3.05, 3.63) is 52.5 Å². The van der Waals surface area contributed by atoms with Crippen LogP contribution in [0.1, 0.15) is 10.4 Å². The molecule has 3 nitrogen and oxygen atoms in total. The molecule has 2 aromatic carbocycles. The highest BCUT2D eigenvalue weighted by Crippen LogP contribution is 2.39. The summed E-state index contributed by atoms with van der Waals surface area (Å²) in [5.74, 6) is -0.00649. The summed E-state index contributed by atoms with van der Waals surface area (Å²) in [5, 5.41) is 0.523. The number of ketones is 1. The van der Waals surface area contributed by atoms with Gasteiger partial charge in [-0.05, 0) is 52.3 Å². The minimum Gasteiger partial charge on any atom is -0.378 e. The lowest BCUT2D eigenvalue weighted by Crippen LogP contribution is -2.07. The van der Waals surface area contributed by atoms with Gasteiger partial charge in [0, 0.05) is 34.7 Å². The SMILES string of the molecule is CN(C)c1ccc(N=C2Sc3c(Br)cccc3C2=O)cc1. The first-order chi connectivity index (χ1) is 10.1. The van der Waals surface area contributed by atoms with Gasteiger partial charge >= 0.3 is 0 Å². The van der Waals surface area contributed by atoms with Crippen molar-refractivity contribution in [1.82, 2.24) is 0 Å². The number of carbonyl (C=O) groups excluding carboxylic acids is 1. The van der Waals surface area contributed by atoms with Crippen molar-refractivity contribution in [2.75, 3.05) is 19.0 Å². The largest absolute Gasteiger partial charge is 0.378 e. The molecule has 106 valence electrons. The van der Waals surface area contributed by atoms with E-state index in [9.17, 15) is 4.79 Å². The van der Waals surface area contributed by atoms with Crippen LogP contribution in [0.3, 0.4) is 0 Å². The standard InChI is InChI=1S/C16H13BrN2OS/c1-19(2)11-8-6-10(7-9-11)18-16-14(20)12-4-3-5-13(17)15(12)21-16/h3-9H,1-2H3. The molecule has 0 radical (unpaired) electrons. The highest BCUT2D eigenvalue weighted by molar-refractivity contribution is 9.10. The number of anilines is 1. The van der Waals surface area contributed by atoms with Crippen LogP contribution in [-0.4, -0.2) is 24.9 Å². The molecule has 0 amide bonds. The summed E-state index contributed by atoms with van der Waals surface area (Å²) in [7, 11) is 3.98. The Morgan fingerprint density at radius 1 is 1.10 bits per heavy atom. The van der Waals surface area contributed by atoms with Gasteiger partial charge < -0.3 is 4.90 Å². The predicted molar refractivity (Wildman–Crippen MR) is 92.2 cm³/mol. The summed E-state index contributed by atoms with van der Waals surface area (Å²) in [6, 6.07) is 13.5. The van der Waals surface area contributed by atoms with Gasteiger partial charge in [-0.25, -0.2) is 4.99 Å². The van der Waals surface area contributed by atoms with E-state index in [0.29, 0.717) is 5.04 Å². The lowest BCUT2D eigenvalue weighted by Gasteiger charge is -2.11. The van der Waals surface area contributed by atoms with Crippen LogP contribution >= 0.6 is 27.7 Å². The molecule has 0 unspecified atom stereocenters. The van der Waals surface area contributed by atoms with Gasteiger partial charge in [-0.15, -0.1) is 0 Å². The molecule has 0 bridgehead atoms. The number of carbonyl (C=O) groups is 1. The van der Waals surface area contributed by atoms with Crippen molar-refractivity contribution < 1.29 is 4.79 Å². The van der Waals surface area contributed by atoms with E-state index in [1.807, 2.05) is 61.5 Å². The summed E-state index contributed by atoms with van der Waals surface area (Å²) in [5.41, 5.74) is 2.62. The Morgan fingerprint density at radius 2 is 1.81 bits per heavy atom. The molecule has 5 heteroatoms. The summed E-state index contributed by atoms with van der Waals surface area (Å²) >= 11 is 4.90. The van der Waals surface area contributed by atoms with Crippen LogP contribution in [0.25, 0.3) is 0 Å². The summed E-state index contributed by atoms with van der Waals surface area (Å²) < 4.78 is 0.937. The Bertz CT molecular complexity index is 738. The van der Waals surface area contributed by atoms with E-state index in [1.165, 1.54) is 11.8 Å². The molecule has 1 heterocycles. The average molecular weight is 361 g/mol. The van der Waals surface area contributed by atoms with Gasteiger partial charge in [0.1, 0.15) is 5.04 Å². The second-order valence-corrected chi connectivity index (χ2v) is 6.73. The molecular weight excluding hydrogens is 348 g/mol. The van der Waals surface area contributed by atoms with Crippen LogP contribution in [0.15, 0.2) is 56.8 Å². The molecule has 0 spiro atoms. The highest BCUT2D eigenvalue weighted by Gasteiger charge is 2.29. The maximum absolute atomic E-state index is 12.3. The van der Waals surface area contributed by atoms with Gasteiger partial charge in [-0.3, -0.25) is 4.79 Å². The van der Waals surface area contributed by atoms with Crippen LogP contribution in [0.2, 0.25) is 0 Å². The van der Waals surface area contributed by atoms with Crippen molar-refractivity contribution in [3.8, 4) is 0 Å². The van der Waals surface area contributed by atoms with E-state index in [-0.39, 0.29) is 5.78 Å². The van der Waals surface area contributed by atoms with E-state index >= 15 is 0 Å². The van der Waals surface area contributed by atoms with Crippen molar-refractivity contribution in [2.24, 2.45) is 4.99 Å². The van der Waals surface area contributed by atoms with Gasteiger partial charge in [-0.2, -0.15) is 0 Å². The fraction of sp³-hybridized carbons (Fsp3) is 0.125. The first-order valence-corrected chi connectivity index (χ1v) is 8.04.